The Hall–Kier alpha value is -2.12. The zero-order chi connectivity index (χ0) is 32.1. The molecule has 3 N–H and O–H groups in total. The molecule has 0 spiro atoms. The highest BCUT2D eigenvalue weighted by Crippen LogP contribution is 2.47. The first-order valence-electron chi connectivity index (χ1n) is 18.4. The molecule has 4 aliphatic rings. The number of carbonyl (C=O) groups is 2. The summed E-state index contributed by atoms with van der Waals surface area (Å²) in [6, 6.07) is 5.79. The lowest BCUT2D eigenvalue weighted by Crippen LogP contribution is -2.61. The van der Waals surface area contributed by atoms with Gasteiger partial charge >= 0.3 is 0 Å². The highest BCUT2D eigenvalue weighted by Gasteiger charge is 2.52. The monoisotopic (exact) mass is 621 g/mol. The maximum absolute atomic E-state index is 14.4. The molecule has 2 saturated carbocycles. The Morgan fingerprint density at radius 2 is 1.60 bits per heavy atom. The van der Waals surface area contributed by atoms with E-state index in [1.165, 1.54) is 69.0 Å². The van der Waals surface area contributed by atoms with Crippen molar-refractivity contribution in [3.8, 4) is 0 Å². The number of hydrogen-bond acceptors (Lipinski definition) is 5. The Balaban J connectivity index is 1.43. The number of benzene rings is 1. The second-order valence-electron chi connectivity index (χ2n) is 15.7. The Morgan fingerprint density at radius 3 is 2.22 bits per heavy atom. The number of nitrogens with one attached hydrogen (secondary N) is 3. The molecule has 2 aliphatic heterocycles. The average Bonchev–Trinajstić information content (AvgIpc) is 3.31. The van der Waals surface area contributed by atoms with Gasteiger partial charge in [-0.1, -0.05) is 51.9 Å². The largest absolute Gasteiger partial charge is 0.371 e. The van der Waals surface area contributed by atoms with Crippen molar-refractivity contribution in [1.82, 2.24) is 20.9 Å². The van der Waals surface area contributed by atoms with Crippen molar-refractivity contribution in [3.63, 3.8) is 0 Å². The van der Waals surface area contributed by atoms with E-state index < -0.39 is 5.41 Å². The number of carbonyl (C=O) groups excluding carboxylic acids is 2. The van der Waals surface area contributed by atoms with Crippen molar-refractivity contribution in [2.24, 2.45) is 17.3 Å². The quantitative estimate of drug-likeness (QED) is 0.279. The zero-order valence-electron chi connectivity index (χ0n) is 29.4. The van der Waals surface area contributed by atoms with E-state index >= 15 is 0 Å². The Morgan fingerprint density at radius 1 is 0.933 bits per heavy atom. The van der Waals surface area contributed by atoms with Gasteiger partial charge in [0.15, 0.2) is 0 Å². The van der Waals surface area contributed by atoms with E-state index in [2.05, 4.69) is 79.8 Å². The van der Waals surface area contributed by atoms with Gasteiger partial charge in [-0.15, -0.1) is 0 Å². The number of likely N-dealkylation sites (N-methyl/N-ethyl adjacent to an activating group) is 1. The molecule has 0 aromatic heterocycles. The van der Waals surface area contributed by atoms with E-state index in [9.17, 15) is 9.59 Å². The molecule has 5 atom stereocenters. The van der Waals surface area contributed by atoms with Crippen LogP contribution >= 0.6 is 0 Å². The SMILES string of the molecule is Cc1c(C(=O)NCC2(C3CCCCCC3)C(=O)NC(C)CC2C)cc(C2CCC(CN(C)C)NC2)cc1N(C)C1CCCCC1. The maximum Gasteiger partial charge on any atom is 0.251 e. The van der Waals surface area contributed by atoms with Crippen LogP contribution in [0.2, 0.25) is 0 Å². The van der Waals surface area contributed by atoms with Gasteiger partial charge in [-0.05, 0) is 114 Å². The molecule has 5 rings (SSSR count). The molecule has 2 saturated heterocycles. The fraction of sp³-hybridized carbons (Fsp3) is 0.789. The second-order valence-corrected chi connectivity index (χ2v) is 15.7. The van der Waals surface area contributed by atoms with Crippen LogP contribution in [0.1, 0.15) is 131 Å². The van der Waals surface area contributed by atoms with E-state index in [-0.39, 0.29) is 23.8 Å². The van der Waals surface area contributed by atoms with Crippen molar-refractivity contribution in [1.29, 1.82) is 0 Å². The number of piperidine rings is 2. The van der Waals surface area contributed by atoms with E-state index in [0.717, 1.165) is 56.3 Å². The van der Waals surface area contributed by atoms with Crippen molar-refractivity contribution < 1.29 is 9.59 Å². The third-order valence-electron chi connectivity index (χ3n) is 12.2. The normalized spacial score (nSPS) is 30.5. The summed E-state index contributed by atoms with van der Waals surface area (Å²) in [5, 5.41) is 10.5. The lowest BCUT2D eigenvalue weighted by atomic mass is 9.60. The number of hydrogen-bond donors (Lipinski definition) is 3. The molecule has 1 aromatic rings. The van der Waals surface area contributed by atoms with Crippen LogP contribution in [0.15, 0.2) is 12.1 Å². The third kappa shape index (κ3) is 7.72. The van der Waals surface area contributed by atoms with Gasteiger partial charge in [0.2, 0.25) is 5.91 Å². The van der Waals surface area contributed by atoms with Crippen LogP contribution in [0.5, 0.6) is 0 Å². The van der Waals surface area contributed by atoms with Crippen LogP contribution in [0, 0.1) is 24.2 Å². The first-order chi connectivity index (χ1) is 21.6. The minimum Gasteiger partial charge on any atom is -0.371 e. The lowest BCUT2D eigenvalue weighted by molar-refractivity contribution is -0.143. The molecule has 4 fully saturated rings. The summed E-state index contributed by atoms with van der Waals surface area (Å²) in [7, 11) is 6.53. The minimum atomic E-state index is -0.547. The smallest absolute Gasteiger partial charge is 0.251 e. The van der Waals surface area contributed by atoms with Crippen LogP contribution < -0.4 is 20.9 Å². The van der Waals surface area contributed by atoms with E-state index in [0.29, 0.717) is 30.5 Å². The molecule has 7 heteroatoms. The molecule has 2 aliphatic carbocycles. The highest BCUT2D eigenvalue weighted by molar-refractivity contribution is 5.98. The Kier molecular flexibility index (Phi) is 11.6. The summed E-state index contributed by atoms with van der Waals surface area (Å²) in [6.07, 6.45) is 16.6. The van der Waals surface area contributed by atoms with Crippen LogP contribution in [-0.2, 0) is 4.79 Å². The highest BCUT2D eigenvalue weighted by atomic mass is 16.2. The molecule has 7 nitrogen and oxygen atoms in total. The van der Waals surface area contributed by atoms with Crippen LogP contribution in [0.4, 0.5) is 5.69 Å². The first kappa shape index (κ1) is 34.2. The predicted molar refractivity (Wildman–Crippen MR) is 186 cm³/mol. The zero-order valence-corrected chi connectivity index (χ0v) is 29.4. The summed E-state index contributed by atoms with van der Waals surface area (Å²) < 4.78 is 0. The van der Waals surface area contributed by atoms with Crippen LogP contribution in [0.3, 0.4) is 0 Å². The molecule has 252 valence electrons. The third-order valence-corrected chi connectivity index (χ3v) is 12.2. The molecule has 1 aromatic carbocycles. The van der Waals surface area contributed by atoms with Gasteiger partial charge < -0.3 is 25.8 Å². The molecule has 5 unspecified atom stereocenters. The predicted octanol–water partition coefficient (Wildman–Crippen LogP) is 6.39. The Labute approximate surface area is 274 Å². The van der Waals surface area contributed by atoms with Gasteiger partial charge in [0.1, 0.15) is 0 Å². The molecule has 2 amide bonds. The number of rotatable bonds is 9. The molecule has 45 heavy (non-hydrogen) atoms. The van der Waals surface area contributed by atoms with Gasteiger partial charge in [0.25, 0.3) is 5.91 Å². The molecular weight excluding hydrogens is 558 g/mol. The summed E-state index contributed by atoms with van der Waals surface area (Å²) in [4.78, 5) is 33.1. The summed E-state index contributed by atoms with van der Waals surface area (Å²) in [6.45, 7) is 8.93. The van der Waals surface area contributed by atoms with Crippen molar-refractivity contribution >= 4 is 17.5 Å². The second kappa shape index (κ2) is 15.2. The van der Waals surface area contributed by atoms with E-state index in [1.54, 1.807) is 0 Å². The molecule has 2 heterocycles. The summed E-state index contributed by atoms with van der Waals surface area (Å²) in [5.74, 6) is 1.07. The van der Waals surface area contributed by atoms with Gasteiger partial charge in [-0.25, -0.2) is 0 Å². The van der Waals surface area contributed by atoms with E-state index in [1.807, 2.05) is 0 Å². The number of anilines is 1. The molecule has 0 radical (unpaired) electrons. The van der Waals surface area contributed by atoms with Gasteiger partial charge in [0, 0.05) is 56.1 Å². The fourth-order valence-corrected chi connectivity index (χ4v) is 9.50. The lowest BCUT2D eigenvalue weighted by Gasteiger charge is -2.48. The van der Waals surface area contributed by atoms with Crippen molar-refractivity contribution in [2.45, 2.75) is 135 Å². The van der Waals surface area contributed by atoms with Crippen LogP contribution in [0.25, 0.3) is 0 Å². The van der Waals surface area contributed by atoms with Crippen molar-refractivity contribution in [3.05, 3.63) is 28.8 Å². The summed E-state index contributed by atoms with van der Waals surface area (Å²) in [5.41, 5.74) is 3.78. The number of nitrogens with zero attached hydrogens (tertiary/aromatic N) is 2. The van der Waals surface area contributed by atoms with Gasteiger partial charge in [-0.2, -0.15) is 0 Å². The average molecular weight is 622 g/mol. The molecule has 0 bridgehead atoms. The fourth-order valence-electron chi connectivity index (χ4n) is 9.50. The van der Waals surface area contributed by atoms with Gasteiger partial charge in [-0.3, -0.25) is 9.59 Å². The van der Waals surface area contributed by atoms with E-state index in [4.69, 9.17) is 0 Å². The van der Waals surface area contributed by atoms with Crippen LogP contribution in [-0.4, -0.2) is 75.6 Å². The number of amides is 2. The summed E-state index contributed by atoms with van der Waals surface area (Å²) >= 11 is 0. The van der Waals surface area contributed by atoms with Crippen molar-refractivity contribution in [2.75, 3.05) is 45.7 Å². The first-order valence-corrected chi connectivity index (χ1v) is 18.4. The Bertz CT molecular complexity index is 1150. The standard InChI is InChI=1S/C38H63N5O2/c1-26-20-27(2)41-37(45)38(26,31-14-10-7-8-11-15-31)25-40-36(44)34-21-30(29-18-19-32(39-23-29)24-42(4)5)22-35(28(34)3)43(6)33-16-12-9-13-17-33/h21-22,26-27,29,31-33,39H,7-20,23-25H2,1-6H3,(H,40,44)(H,41,45). The van der Waals surface area contributed by atoms with Gasteiger partial charge in [0.05, 0.1) is 5.41 Å². The molecular formula is C38H63N5O2. The maximum atomic E-state index is 14.4. The topological polar surface area (TPSA) is 76.7 Å². The minimum absolute atomic E-state index is 0.0199.